The molecular formula is C18H21N3O2. The summed E-state index contributed by atoms with van der Waals surface area (Å²) in [6, 6.07) is 16.2. The van der Waals surface area contributed by atoms with Crippen LogP contribution in [-0.2, 0) is 4.74 Å². The van der Waals surface area contributed by atoms with E-state index in [1.807, 2.05) is 43.3 Å². The van der Waals surface area contributed by atoms with Gasteiger partial charge < -0.3 is 14.5 Å². The Hall–Kier alpha value is -2.56. The van der Waals surface area contributed by atoms with E-state index >= 15 is 0 Å². The minimum atomic E-state index is -0.224. The topological polar surface area (TPSA) is 45.7 Å². The highest BCUT2D eigenvalue weighted by Gasteiger charge is 2.22. The lowest BCUT2D eigenvalue weighted by Gasteiger charge is -2.34. The van der Waals surface area contributed by atoms with Crippen LogP contribution < -0.4 is 4.90 Å². The first kappa shape index (κ1) is 15.3. The van der Waals surface area contributed by atoms with Crippen LogP contribution in [0, 0.1) is 0 Å². The normalized spacial score (nSPS) is 14.7. The third kappa shape index (κ3) is 3.62. The molecule has 120 valence electrons. The summed E-state index contributed by atoms with van der Waals surface area (Å²) in [5.41, 5.74) is 2.08. The average Bonchev–Trinajstić information content (AvgIpc) is 2.63. The number of hydrogen-bond donors (Lipinski definition) is 0. The van der Waals surface area contributed by atoms with Crippen molar-refractivity contribution < 1.29 is 9.53 Å². The van der Waals surface area contributed by atoms with Gasteiger partial charge in [0, 0.05) is 31.7 Å². The van der Waals surface area contributed by atoms with E-state index < -0.39 is 0 Å². The Morgan fingerprint density at radius 1 is 1.04 bits per heavy atom. The molecule has 1 aromatic carbocycles. The Labute approximate surface area is 136 Å². The maximum Gasteiger partial charge on any atom is 0.409 e. The van der Waals surface area contributed by atoms with Crippen LogP contribution in [0.2, 0.25) is 0 Å². The number of aromatic nitrogens is 1. The maximum atomic E-state index is 11.7. The molecule has 2 heterocycles. The summed E-state index contributed by atoms with van der Waals surface area (Å²) in [7, 11) is 0. The molecule has 1 saturated heterocycles. The number of rotatable bonds is 3. The molecule has 5 nitrogen and oxygen atoms in total. The zero-order valence-corrected chi connectivity index (χ0v) is 13.3. The number of nitrogens with zero attached hydrogens (tertiary/aromatic N) is 3. The van der Waals surface area contributed by atoms with Crippen molar-refractivity contribution in [3.8, 4) is 11.3 Å². The minimum Gasteiger partial charge on any atom is -0.450 e. The van der Waals surface area contributed by atoms with Crippen molar-refractivity contribution in [2.45, 2.75) is 6.92 Å². The number of ether oxygens (including phenoxy) is 1. The molecule has 0 bridgehead atoms. The summed E-state index contributed by atoms with van der Waals surface area (Å²) >= 11 is 0. The highest BCUT2D eigenvalue weighted by Crippen LogP contribution is 2.21. The summed E-state index contributed by atoms with van der Waals surface area (Å²) in [5.74, 6) is 0.954. The summed E-state index contributed by atoms with van der Waals surface area (Å²) in [6.07, 6.45) is -0.224. The number of carbonyl (C=O) groups excluding carboxylic acids is 1. The van der Waals surface area contributed by atoms with Gasteiger partial charge in [-0.05, 0) is 19.1 Å². The zero-order chi connectivity index (χ0) is 16.1. The van der Waals surface area contributed by atoms with Crippen molar-refractivity contribution in [2.24, 2.45) is 0 Å². The van der Waals surface area contributed by atoms with Crippen molar-refractivity contribution in [2.75, 3.05) is 37.7 Å². The first-order valence-corrected chi connectivity index (χ1v) is 7.97. The van der Waals surface area contributed by atoms with E-state index in [1.165, 1.54) is 0 Å². The molecule has 0 N–H and O–H groups in total. The molecule has 5 heteroatoms. The number of benzene rings is 1. The molecule has 1 aliphatic heterocycles. The smallest absolute Gasteiger partial charge is 0.409 e. The monoisotopic (exact) mass is 311 g/mol. The Balaban J connectivity index is 1.68. The predicted octanol–water partition coefficient (Wildman–Crippen LogP) is 3.03. The number of piperazine rings is 1. The fourth-order valence-electron chi connectivity index (χ4n) is 2.70. The molecule has 1 aliphatic rings. The fraction of sp³-hybridized carbons (Fsp3) is 0.333. The quantitative estimate of drug-likeness (QED) is 0.874. The van der Waals surface area contributed by atoms with Crippen molar-refractivity contribution in [3.63, 3.8) is 0 Å². The van der Waals surface area contributed by atoms with Gasteiger partial charge in [0.2, 0.25) is 0 Å². The highest BCUT2D eigenvalue weighted by atomic mass is 16.6. The number of anilines is 1. The molecule has 0 spiro atoms. The van der Waals surface area contributed by atoms with Gasteiger partial charge in [-0.1, -0.05) is 36.4 Å². The Bertz CT molecular complexity index is 652. The van der Waals surface area contributed by atoms with E-state index in [2.05, 4.69) is 17.0 Å². The van der Waals surface area contributed by atoms with Crippen molar-refractivity contribution in [1.82, 2.24) is 9.88 Å². The fourth-order valence-corrected chi connectivity index (χ4v) is 2.70. The standard InChI is InChI=1S/C18H21N3O2/c1-2-23-18(22)21-13-11-20(12-14-21)17-10-6-9-16(19-17)15-7-4-3-5-8-15/h3-10H,2,11-14H2,1H3. The molecule has 2 aromatic rings. The van der Waals surface area contributed by atoms with Crippen LogP contribution in [0.15, 0.2) is 48.5 Å². The number of amides is 1. The first-order chi connectivity index (χ1) is 11.3. The van der Waals surface area contributed by atoms with Gasteiger partial charge in [0.1, 0.15) is 5.82 Å². The minimum absolute atomic E-state index is 0.224. The molecule has 0 unspecified atom stereocenters. The summed E-state index contributed by atoms with van der Waals surface area (Å²) in [4.78, 5) is 20.5. The van der Waals surface area contributed by atoms with E-state index in [9.17, 15) is 4.79 Å². The summed E-state index contributed by atoms with van der Waals surface area (Å²) < 4.78 is 5.05. The Morgan fingerprint density at radius 2 is 1.78 bits per heavy atom. The Kier molecular flexibility index (Phi) is 4.76. The van der Waals surface area contributed by atoms with Gasteiger partial charge in [-0.3, -0.25) is 0 Å². The molecule has 23 heavy (non-hydrogen) atoms. The first-order valence-electron chi connectivity index (χ1n) is 7.97. The third-order valence-electron chi connectivity index (χ3n) is 3.93. The van der Waals surface area contributed by atoms with Crippen molar-refractivity contribution in [1.29, 1.82) is 0 Å². The Morgan fingerprint density at radius 3 is 2.48 bits per heavy atom. The maximum absolute atomic E-state index is 11.7. The lowest BCUT2D eigenvalue weighted by molar-refractivity contribution is 0.105. The largest absolute Gasteiger partial charge is 0.450 e. The molecule has 1 amide bonds. The van der Waals surface area contributed by atoms with Crippen LogP contribution in [0.5, 0.6) is 0 Å². The van der Waals surface area contributed by atoms with Crippen LogP contribution in [-0.4, -0.2) is 48.8 Å². The molecule has 1 aromatic heterocycles. The predicted molar refractivity (Wildman–Crippen MR) is 90.5 cm³/mol. The molecule has 0 atom stereocenters. The highest BCUT2D eigenvalue weighted by molar-refractivity contribution is 5.68. The van der Waals surface area contributed by atoms with Crippen LogP contribution >= 0.6 is 0 Å². The van der Waals surface area contributed by atoms with Gasteiger partial charge in [0.25, 0.3) is 0 Å². The van der Waals surface area contributed by atoms with E-state index in [-0.39, 0.29) is 6.09 Å². The lowest BCUT2D eigenvalue weighted by atomic mass is 10.1. The van der Waals surface area contributed by atoms with Crippen LogP contribution in [0.1, 0.15) is 6.92 Å². The zero-order valence-electron chi connectivity index (χ0n) is 13.3. The van der Waals surface area contributed by atoms with Gasteiger partial charge in [0.05, 0.1) is 12.3 Å². The SMILES string of the molecule is CCOC(=O)N1CCN(c2cccc(-c3ccccc3)n2)CC1. The van der Waals surface area contributed by atoms with Gasteiger partial charge in [-0.2, -0.15) is 0 Å². The number of carbonyl (C=O) groups is 1. The lowest BCUT2D eigenvalue weighted by Crippen LogP contribution is -2.49. The van der Waals surface area contributed by atoms with Crippen LogP contribution in [0.25, 0.3) is 11.3 Å². The van der Waals surface area contributed by atoms with Gasteiger partial charge >= 0.3 is 6.09 Å². The molecule has 1 fully saturated rings. The summed E-state index contributed by atoms with van der Waals surface area (Å²) in [6.45, 7) is 5.10. The van der Waals surface area contributed by atoms with Crippen LogP contribution in [0.3, 0.4) is 0 Å². The molecule has 0 aliphatic carbocycles. The second-order valence-electron chi connectivity index (χ2n) is 5.42. The van der Waals surface area contributed by atoms with Crippen LogP contribution in [0.4, 0.5) is 10.6 Å². The second kappa shape index (κ2) is 7.13. The van der Waals surface area contributed by atoms with Crippen molar-refractivity contribution in [3.05, 3.63) is 48.5 Å². The average molecular weight is 311 g/mol. The molecule has 3 rings (SSSR count). The van der Waals surface area contributed by atoms with E-state index in [0.717, 1.165) is 30.2 Å². The molecule has 0 radical (unpaired) electrons. The third-order valence-corrected chi connectivity index (χ3v) is 3.93. The molecular weight excluding hydrogens is 290 g/mol. The van der Waals surface area contributed by atoms with Gasteiger partial charge in [0.15, 0.2) is 0 Å². The van der Waals surface area contributed by atoms with Gasteiger partial charge in [-0.25, -0.2) is 9.78 Å². The summed E-state index contributed by atoms with van der Waals surface area (Å²) in [5, 5.41) is 0. The van der Waals surface area contributed by atoms with E-state index in [1.54, 1.807) is 4.90 Å². The van der Waals surface area contributed by atoms with Crippen molar-refractivity contribution >= 4 is 11.9 Å². The number of hydrogen-bond acceptors (Lipinski definition) is 4. The van der Waals surface area contributed by atoms with E-state index in [4.69, 9.17) is 9.72 Å². The van der Waals surface area contributed by atoms with E-state index in [0.29, 0.717) is 19.7 Å². The molecule has 0 saturated carbocycles. The number of pyridine rings is 1. The second-order valence-corrected chi connectivity index (χ2v) is 5.42. The van der Waals surface area contributed by atoms with Gasteiger partial charge in [-0.15, -0.1) is 0 Å².